The van der Waals surface area contributed by atoms with Crippen LogP contribution in [0.25, 0.3) is 10.8 Å². The highest BCUT2D eigenvalue weighted by Crippen LogP contribution is 2.44. The van der Waals surface area contributed by atoms with Gasteiger partial charge in [0.25, 0.3) is 0 Å². The minimum absolute atomic E-state index is 0.571. The molecule has 1 fully saturated rings. The molecule has 1 aliphatic carbocycles. The van der Waals surface area contributed by atoms with Gasteiger partial charge in [0.15, 0.2) is 0 Å². The molecule has 1 saturated carbocycles. The molecule has 3 rings (SSSR count). The Bertz CT molecular complexity index is 647. The van der Waals surface area contributed by atoms with Crippen molar-refractivity contribution in [2.75, 3.05) is 7.11 Å². The first-order valence-corrected chi connectivity index (χ1v) is 6.34. The van der Waals surface area contributed by atoms with Crippen molar-refractivity contribution in [1.29, 1.82) is 0 Å². The van der Waals surface area contributed by atoms with E-state index in [-0.39, 0.29) is 0 Å². The highest BCUT2D eigenvalue weighted by Gasteiger charge is 2.45. The van der Waals surface area contributed by atoms with Crippen molar-refractivity contribution in [3.63, 3.8) is 0 Å². The third-order valence-electron chi connectivity index (χ3n) is 4.09. The number of ether oxygens (including phenoxy) is 1. The molecule has 0 bridgehead atoms. The molecule has 1 aliphatic rings. The Morgan fingerprint density at radius 1 is 1.37 bits per heavy atom. The van der Waals surface area contributed by atoms with E-state index in [0.29, 0.717) is 5.88 Å². The van der Waals surface area contributed by atoms with Crippen LogP contribution < -0.4 is 4.74 Å². The molecule has 0 spiro atoms. The summed E-state index contributed by atoms with van der Waals surface area (Å²) in [5.74, 6) is -0.152. The Labute approximate surface area is 111 Å². The maximum absolute atomic E-state index is 11.5. The number of benzene rings is 1. The summed E-state index contributed by atoms with van der Waals surface area (Å²) in [6.07, 6.45) is 4.09. The van der Waals surface area contributed by atoms with E-state index in [2.05, 4.69) is 4.98 Å². The van der Waals surface area contributed by atoms with Gasteiger partial charge in [0.2, 0.25) is 5.88 Å². The number of hydrogen-bond acceptors (Lipinski definition) is 3. The van der Waals surface area contributed by atoms with Gasteiger partial charge >= 0.3 is 5.97 Å². The summed E-state index contributed by atoms with van der Waals surface area (Å²) in [6, 6.07) is 7.63. The van der Waals surface area contributed by atoms with Gasteiger partial charge in [-0.2, -0.15) is 0 Å². The average molecular weight is 257 g/mol. The Morgan fingerprint density at radius 2 is 2.16 bits per heavy atom. The van der Waals surface area contributed by atoms with Crippen LogP contribution in [0, 0.1) is 0 Å². The monoisotopic (exact) mass is 257 g/mol. The second-order valence-corrected chi connectivity index (χ2v) is 5.00. The molecule has 0 radical (unpaired) electrons. The number of methoxy groups -OCH3 is 1. The number of carbonyl (C=O) groups is 1. The van der Waals surface area contributed by atoms with Crippen LogP contribution in [0.4, 0.5) is 0 Å². The fourth-order valence-electron chi connectivity index (χ4n) is 2.77. The van der Waals surface area contributed by atoms with E-state index in [0.717, 1.165) is 35.6 Å². The molecule has 0 atom stereocenters. The van der Waals surface area contributed by atoms with Crippen LogP contribution in [0.5, 0.6) is 5.88 Å². The van der Waals surface area contributed by atoms with Crippen LogP contribution in [0.15, 0.2) is 30.5 Å². The molecule has 1 aromatic carbocycles. The van der Waals surface area contributed by atoms with Crippen molar-refractivity contribution in [2.24, 2.45) is 0 Å². The maximum Gasteiger partial charge on any atom is 0.314 e. The van der Waals surface area contributed by atoms with Crippen molar-refractivity contribution in [1.82, 2.24) is 4.98 Å². The van der Waals surface area contributed by atoms with Gasteiger partial charge in [-0.3, -0.25) is 4.79 Å². The molecule has 98 valence electrons. The molecule has 0 amide bonds. The van der Waals surface area contributed by atoms with Gasteiger partial charge < -0.3 is 9.84 Å². The molecule has 19 heavy (non-hydrogen) atoms. The normalized spacial score (nSPS) is 16.9. The highest BCUT2D eigenvalue weighted by atomic mass is 16.5. The minimum atomic E-state index is -0.723. The third-order valence-corrected chi connectivity index (χ3v) is 4.09. The van der Waals surface area contributed by atoms with Crippen LogP contribution >= 0.6 is 0 Å². The molecule has 0 saturated heterocycles. The molecule has 2 aromatic rings. The van der Waals surface area contributed by atoms with Gasteiger partial charge in [-0.15, -0.1) is 0 Å². The van der Waals surface area contributed by atoms with Crippen LogP contribution in [0.3, 0.4) is 0 Å². The molecule has 0 aliphatic heterocycles. The second kappa shape index (κ2) is 4.23. The second-order valence-electron chi connectivity index (χ2n) is 5.00. The summed E-state index contributed by atoms with van der Waals surface area (Å²) < 4.78 is 5.21. The zero-order chi connectivity index (χ0) is 13.5. The van der Waals surface area contributed by atoms with Gasteiger partial charge in [-0.25, -0.2) is 4.98 Å². The van der Waals surface area contributed by atoms with E-state index in [1.807, 2.05) is 24.3 Å². The van der Waals surface area contributed by atoms with E-state index >= 15 is 0 Å². The first-order chi connectivity index (χ1) is 9.17. The van der Waals surface area contributed by atoms with Gasteiger partial charge in [0.05, 0.1) is 12.5 Å². The lowest BCUT2D eigenvalue weighted by molar-refractivity contribution is -0.147. The van der Waals surface area contributed by atoms with Gasteiger partial charge in [0, 0.05) is 11.6 Å². The molecule has 0 unspecified atom stereocenters. The summed E-state index contributed by atoms with van der Waals surface area (Å²) >= 11 is 0. The van der Waals surface area contributed by atoms with E-state index in [4.69, 9.17) is 4.74 Å². The standard InChI is InChI=1S/C15H15NO3/c1-19-13-12-4-3-11(9-10(12)5-8-16-13)15(14(17)18)6-2-7-15/h3-5,8-9H,2,6-7H2,1H3,(H,17,18). The molecule has 1 aromatic heterocycles. The summed E-state index contributed by atoms with van der Waals surface area (Å²) in [5.41, 5.74) is 0.192. The summed E-state index contributed by atoms with van der Waals surface area (Å²) in [6.45, 7) is 0. The van der Waals surface area contributed by atoms with E-state index < -0.39 is 11.4 Å². The molecule has 1 N–H and O–H groups in total. The topological polar surface area (TPSA) is 59.4 Å². The number of aromatic nitrogens is 1. The predicted molar refractivity (Wildman–Crippen MR) is 71.5 cm³/mol. The van der Waals surface area contributed by atoms with E-state index in [9.17, 15) is 9.90 Å². The Morgan fingerprint density at radius 3 is 2.74 bits per heavy atom. The lowest BCUT2D eigenvalue weighted by Gasteiger charge is -2.38. The van der Waals surface area contributed by atoms with Crippen molar-refractivity contribution in [3.8, 4) is 5.88 Å². The van der Waals surface area contributed by atoms with Crippen molar-refractivity contribution in [3.05, 3.63) is 36.0 Å². The largest absolute Gasteiger partial charge is 0.481 e. The minimum Gasteiger partial charge on any atom is -0.481 e. The first-order valence-electron chi connectivity index (χ1n) is 6.34. The number of rotatable bonds is 3. The van der Waals surface area contributed by atoms with Gasteiger partial charge in [-0.1, -0.05) is 12.5 Å². The fourth-order valence-corrected chi connectivity index (χ4v) is 2.77. The highest BCUT2D eigenvalue weighted by molar-refractivity contribution is 5.90. The number of nitrogens with zero attached hydrogens (tertiary/aromatic N) is 1. The molecular formula is C15H15NO3. The Kier molecular flexibility index (Phi) is 2.66. The summed E-state index contributed by atoms with van der Waals surface area (Å²) in [5, 5.41) is 11.4. The zero-order valence-corrected chi connectivity index (χ0v) is 10.7. The third kappa shape index (κ3) is 1.67. The SMILES string of the molecule is COc1nccc2cc(C3(C(=O)O)CCC3)ccc12. The quantitative estimate of drug-likeness (QED) is 0.918. The van der Waals surface area contributed by atoms with E-state index in [1.165, 1.54) is 0 Å². The number of hydrogen-bond donors (Lipinski definition) is 1. The van der Waals surface area contributed by atoms with Crippen LogP contribution in [-0.4, -0.2) is 23.2 Å². The zero-order valence-electron chi connectivity index (χ0n) is 10.7. The van der Waals surface area contributed by atoms with Crippen molar-refractivity contribution >= 4 is 16.7 Å². The molecule has 4 nitrogen and oxygen atoms in total. The van der Waals surface area contributed by atoms with E-state index in [1.54, 1.807) is 13.3 Å². The van der Waals surface area contributed by atoms with Gasteiger partial charge in [0.1, 0.15) is 0 Å². The smallest absolute Gasteiger partial charge is 0.314 e. The van der Waals surface area contributed by atoms with Crippen LogP contribution in [-0.2, 0) is 10.2 Å². The number of carboxylic acids is 1. The molecule has 4 heteroatoms. The fraction of sp³-hybridized carbons (Fsp3) is 0.333. The number of fused-ring (bicyclic) bond motifs is 1. The summed E-state index contributed by atoms with van der Waals surface area (Å²) in [7, 11) is 1.58. The number of pyridine rings is 1. The molecular weight excluding hydrogens is 242 g/mol. The maximum atomic E-state index is 11.5. The lowest BCUT2D eigenvalue weighted by Crippen LogP contribution is -2.42. The Balaban J connectivity index is 2.15. The Hall–Kier alpha value is -2.10. The lowest BCUT2D eigenvalue weighted by atomic mass is 9.64. The number of aliphatic carboxylic acids is 1. The van der Waals surface area contributed by atoms with Crippen molar-refractivity contribution < 1.29 is 14.6 Å². The predicted octanol–water partition coefficient (Wildman–Crippen LogP) is 2.75. The number of carboxylic acid groups (broad SMARTS) is 1. The summed E-state index contributed by atoms with van der Waals surface area (Å²) in [4.78, 5) is 15.7. The van der Waals surface area contributed by atoms with Crippen LogP contribution in [0.1, 0.15) is 24.8 Å². The van der Waals surface area contributed by atoms with Gasteiger partial charge in [-0.05, 0) is 42.0 Å². The average Bonchev–Trinajstić information content (AvgIpc) is 2.36. The first kappa shape index (κ1) is 12.0. The van der Waals surface area contributed by atoms with Crippen molar-refractivity contribution in [2.45, 2.75) is 24.7 Å². The van der Waals surface area contributed by atoms with Crippen LogP contribution in [0.2, 0.25) is 0 Å². The molecule has 1 heterocycles.